The van der Waals surface area contributed by atoms with Crippen LogP contribution in [-0.4, -0.2) is 28.0 Å². The first-order valence-corrected chi connectivity index (χ1v) is 16.7. The molecule has 0 saturated heterocycles. The van der Waals surface area contributed by atoms with Crippen LogP contribution in [0.5, 0.6) is 0 Å². The topological polar surface area (TPSA) is 72.7 Å². The van der Waals surface area contributed by atoms with Crippen molar-refractivity contribution in [1.29, 1.82) is 0 Å². The number of carbonyl (C=O) groups is 1. The minimum atomic E-state index is -0.401. The molecule has 0 aliphatic carbocycles. The zero-order chi connectivity index (χ0) is 29.4. The number of unbranched alkanes of at least 4 members (excludes halogenated alkanes) is 12. The van der Waals surface area contributed by atoms with E-state index in [2.05, 4.69) is 32.6 Å². The van der Waals surface area contributed by atoms with Gasteiger partial charge in [-0.1, -0.05) is 143 Å². The Balaban J connectivity index is 2.97. The van der Waals surface area contributed by atoms with Crippen LogP contribution in [0.3, 0.4) is 0 Å². The second-order valence-electron chi connectivity index (χ2n) is 11.6. The first-order valence-electron chi connectivity index (χ1n) is 16.7. The maximum atomic E-state index is 13.8. The van der Waals surface area contributed by atoms with E-state index in [0.717, 1.165) is 51.4 Å². The first-order chi connectivity index (χ1) is 19.5. The van der Waals surface area contributed by atoms with Crippen LogP contribution in [0, 0.1) is 10.1 Å². The molecule has 0 radical (unpaired) electrons. The normalized spacial score (nSPS) is 12.7. The lowest BCUT2D eigenvalue weighted by atomic mass is 9.95. The molecule has 0 spiro atoms. The number of rotatable bonds is 25. The van der Waals surface area contributed by atoms with E-state index < -0.39 is 4.92 Å². The number of hydrogen-bond donors (Lipinski definition) is 0. The number of ether oxygens (including phenoxy) is 1. The third kappa shape index (κ3) is 15.0. The van der Waals surface area contributed by atoms with E-state index in [1.165, 1.54) is 83.1 Å². The molecule has 1 amide bonds. The maximum Gasteiger partial charge on any atom is 0.410 e. The molecule has 0 aliphatic rings. The van der Waals surface area contributed by atoms with Crippen molar-refractivity contribution in [2.45, 2.75) is 175 Å². The third-order valence-corrected chi connectivity index (χ3v) is 8.06. The summed E-state index contributed by atoms with van der Waals surface area (Å²) in [5.41, 5.74) is 0.447. The molecule has 2 unspecified atom stereocenters. The highest BCUT2D eigenvalue weighted by Crippen LogP contribution is 2.27. The summed E-state index contributed by atoms with van der Waals surface area (Å²) in [6.45, 7) is 8.81. The zero-order valence-corrected chi connectivity index (χ0v) is 26.3. The van der Waals surface area contributed by atoms with Gasteiger partial charge in [-0.25, -0.2) is 4.79 Å². The summed E-state index contributed by atoms with van der Waals surface area (Å²) in [5.74, 6) is 0. The van der Waals surface area contributed by atoms with Gasteiger partial charge in [-0.3, -0.25) is 10.1 Å². The Morgan fingerprint density at radius 3 is 1.60 bits per heavy atom. The van der Waals surface area contributed by atoms with Crippen LogP contribution in [-0.2, 0) is 11.3 Å². The zero-order valence-electron chi connectivity index (χ0n) is 26.3. The van der Waals surface area contributed by atoms with Gasteiger partial charge in [0.15, 0.2) is 0 Å². The van der Waals surface area contributed by atoms with Crippen molar-refractivity contribution >= 4 is 11.8 Å². The molecule has 0 aliphatic heterocycles. The lowest BCUT2D eigenvalue weighted by molar-refractivity contribution is -0.385. The molecule has 40 heavy (non-hydrogen) atoms. The summed E-state index contributed by atoms with van der Waals surface area (Å²) in [5, 5.41) is 11.5. The summed E-state index contributed by atoms with van der Waals surface area (Å²) in [6.07, 6.45) is 23.2. The van der Waals surface area contributed by atoms with E-state index in [0.29, 0.717) is 5.56 Å². The highest BCUT2D eigenvalue weighted by molar-refractivity contribution is 5.68. The molecule has 2 atom stereocenters. The predicted octanol–water partition coefficient (Wildman–Crippen LogP) is 11.2. The molecule has 230 valence electrons. The van der Waals surface area contributed by atoms with Crippen molar-refractivity contribution in [2.75, 3.05) is 0 Å². The van der Waals surface area contributed by atoms with Crippen molar-refractivity contribution in [3.8, 4) is 0 Å². The lowest BCUT2D eigenvalue weighted by Crippen LogP contribution is -2.47. The maximum absolute atomic E-state index is 13.8. The van der Waals surface area contributed by atoms with Crippen molar-refractivity contribution in [3.63, 3.8) is 0 Å². The molecule has 0 saturated carbocycles. The molecular weight excluding hydrogens is 500 g/mol. The van der Waals surface area contributed by atoms with Crippen molar-refractivity contribution in [1.82, 2.24) is 4.90 Å². The third-order valence-electron chi connectivity index (χ3n) is 8.06. The van der Waals surface area contributed by atoms with Gasteiger partial charge in [-0.05, 0) is 31.7 Å². The van der Waals surface area contributed by atoms with Gasteiger partial charge in [0.05, 0.1) is 10.5 Å². The fourth-order valence-corrected chi connectivity index (χ4v) is 5.81. The Bertz CT molecular complexity index is 757. The molecule has 1 aromatic rings. The summed E-state index contributed by atoms with van der Waals surface area (Å²) < 4.78 is 5.86. The van der Waals surface area contributed by atoms with E-state index in [-0.39, 0.29) is 30.5 Å². The number of benzene rings is 1. The van der Waals surface area contributed by atoms with E-state index in [4.69, 9.17) is 4.74 Å². The summed E-state index contributed by atoms with van der Waals surface area (Å²) >= 11 is 0. The molecule has 1 aromatic carbocycles. The average molecular weight is 561 g/mol. The summed E-state index contributed by atoms with van der Waals surface area (Å²) in [6, 6.07) is 6.87. The molecular formula is C34H60N2O4. The number of nitro groups is 1. The van der Waals surface area contributed by atoms with E-state index >= 15 is 0 Å². The number of hydrogen-bond acceptors (Lipinski definition) is 4. The van der Waals surface area contributed by atoms with Crippen molar-refractivity contribution < 1.29 is 14.5 Å². The average Bonchev–Trinajstić information content (AvgIpc) is 2.95. The van der Waals surface area contributed by atoms with E-state index in [1.54, 1.807) is 18.2 Å². The molecule has 0 aromatic heterocycles. The number of nitro benzene ring substituents is 1. The number of para-hydroxylation sites is 1. The van der Waals surface area contributed by atoms with E-state index in [1.807, 2.05) is 0 Å². The van der Waals surface area contributed by atoms with Crippen LogP contribution >= 0.6 is 0 Å². The Morgan fingerprint density at radius 2 is 1.15 bits per heavy atom. The monoisotopic (exact) mass is 560 g/mol. The van der Waals surface area contributed by atoms with Gasteiger partial charge in [-0.15, -0.1) is 0 Å². The Morgan fingerprint density at radius 1 is 0.700 bits per heavy atom. The van der Waals surface area contributed by atoms with Crippen LogP contribution < -0.4 is 0 Å². The number of amides is 1. The van der Waals surface area contributed by atoms with Gasteiger partial charge in [0.2, 0.25) is 0 Å². The van der Waals surface area contributed by atoms with Crippen LogP contribution in [0.15, 0.2) is 24.3 Å². The number of nitrogens with zero attached hydrogens (tertiary/aromatic N) is 2. The summed E-state index contributed by atoms with van der Waals surface area (Å²) in [4.78, 5) is 26.9. The van der Waals surface area contributed by atoms with Gasteiger partial charge in [-0.2, -0.15) is 0 Å². The minimum Gasteiger partial charge on any atom is -0.444 e. The fraction of sp³-hybridized carbons (Fsp3) is 0.794. The van der Waals surface area contributed by atoms with Crippen LogP contribution in [0.25, 0.3) is 0 Å². The molecule has 0 N–H and O–H groups in total. The molecule has 6 heteroatoms. The SMILES string of the molecule is CCCCCCCCCC(CCC)N(C(=O)OCc1ccccc1[N+](=O)[O-])C(CCC)CCCCCCCCC. The van der Waals surface area contributed by atoms with Crippen LogP contribution in [0.2, 0.25) is 0 Å². The predicted molar refractivity (Wildman–Crippen MR) is 168 cm³/mol. The minimum absolute atomic E-state index is 0.00297. The van der Waals surface area contributed by atoms with Gasteiger partial charge < -0.3 is 9.64 Å². The quantitative estimate of drug-likeness (QED) is 0.0677. The van der Waals surface area contributed by atoms with E-state index in [9.17, 15) is 14.9 Å². The molecule has 6 nitrogen and oxygen atoms in total. The van der Waals surface area contributed by atoms with Crippen LogP contribution in [0.4, 0.5) is 10.5 Å². The second-order valence-corrected chi connectivity index (χ2v) is 11.6. The first kappa shape index (κ1) is 35.9. The largest absolute Gasteiger partial charge is 0.444 e. The highest BCUT2D eigenvalue weighted by Gasteiger charge is 2.31. The van der Waals surface area contributed by atoms with Gasteiger partial charge in [0, 0.05) is 18.2 Å². The Hall–Kier alpha value is -2.11. The summed E-state index contributed by atoms with van der Waals surface area (Å²) in [7, 11) is 0. The fourth-order valence-electron chi connectivity index (χ4n) is 5.81. The molecule has 1 rings (SSSR count). The lowest BCUT2D eigenvalue weighted by Gasteiger charge is -2.38. The van der Waals surface area contributed by atoms with Crippen LogP contribution in [0.1, 0.15) is 162 Å². The molecule has 0 bridgehead atoms. The van der Waals surface area contributed by atoms with Crippen molar-refractivity contribution in [2.24, 2.45) is 0 Å². The number of carbonyl (C=O) groups excluding carboxylic acids is 1. The van der Waals surface area contributed by atoms with Gasteiger partial charge in [0.1, 0.15) is 6.61 Å². The van der Waals surface area contributed by atoms with Gasteiger partial charge in [0.25, 0.3) is 5.69 Å². The Labute approximate surface area is 245 Å². The Kier molecular flexibility index (Phi) is 21.2. The smallest absolute Gasteiger partial charge is 0.410 e. The molecule has 0 heterocycles. The van der Waals surface area contributed by atoms with Gasteiger partial charge >= 0.3 is 6.09 Å². The highest BCUT2D eigenvalue weighted by atomic mass is 16.6. The second kappa shape index (κ2) is 23.6. The van der Waals surface area contributed by atoms with Crippen molar-refractivity contribution in [3.05, 3.63) is 39.9 Å². The molecule has 0 fully saturated rings. The standard InChI is InChI=1S/C34H60N2O4/c1-5-9-11-13-15-17-19-26-31(23-7-3)35(32(24-8-4)27-20-18-16-14-12-10-6-2)34(37)40-29-30-25-21-22-28-33(30)36(38)39/h21-22,25,28,31-32H,5-20,23-24,26-27,29H2,1-4H3.